The molecule has 1 unspecified atom stereocenters. The highest BCUT2D eigenvalue weighted by molar-refractivity contribution is 7.99. The van der Waals surface area contributed by atoms with Crippen LogP contribution in [-0.4, -0.2) is 30.1 Å². The highest BCUT2D eigenvalue weighted by atomic mass is 32.2. The van der Waals surface area contributed by atoms with E-state index in [2.05, 4.69) is 56.9 Å². The predicted octanol–water partition coefficient (Wildman–Crippen LogP) is 3.68. The molecule has 0 bridgehead atoms. The van der Waals surface area contributed by atoms with Crippen molar-refractivity contribution in [3.63, 3.8) is 0 Å². The number of thioether (sulfide) groups is 1. The minimum atomic E-state index is 0.0540. The fraction of sp³-hybridized carbons (Fsp3) is 0.647. The van der Waals surface area contributed by atoms with Gasteiger partial charge in [0.05, 0.1) is 5.54 Å². The second-order valence-electron chi connectivity index (χ2n) is 6.51. The Morgan fingerprint density at radius 2 is 2.10 bits per heavy atom. The molecule has 0 spiro atoms. The molecular weight excluding hydrogens is 264 g/mol. The molecule has 1 fully saturated rings. The summed E-state index contributed by atoms with van der Waals surface area (Å²) in [7, 11) is 0. The zero-order valence-corrected chi connectivity index (χ0v) is 14.1. The number of benzene rings is 1. The number of hydrogen-bond donors (Lipinski definition) is 1. The summed E-state index contributed by atoms with van der Waals surface area (Å²) in [5.74, 6) is 2.37. The van der Waals surface area contributed by atoms with E-state index in [1.165, 1.54) is 23.4 Å². The van der Waals surface area contributed by atoms with Crippen molar-refractivity contribution >= 4 is 17.4 Å². The summed E-state index contributed by atoms with van der Waals surface area (Å²) in [4.78, 5) is 2.55. The first-order valence-corrected chi connectivity index (χ1v) is 8.74. The van der Waals surface area contributed by atoms with E-state index in [1.54, 1.807) is 0 Å². The Morgan fingerprint density at radius 1 is 1.35 bits per heavy atom. The molecule has 1 aliphatic heterocycles. The van der Waals surface area contributed by atoms with Gasteiger partial charge in [-0.3, -0.25) is 0 Å². The number of rotatable bonds is 4. The van der Waals surface area contributed by atoms with Crippen LogP contribution in [-0.2, 0) is 0 Å². The van der Waals surface area contributed by atoms with Crippen molar-refractivity contribution in [3.05, 3.63) is 29.8 Å². The average molecular weight is 292 g/mol. The maximum absolute atomic E-state index is 6.31. The van der Waals surface area contributed by atoms with E-state index >= 15 is 0 Å². The van der Waals surface area contributed by atoms with Crippen LogP contribution in [0.3, 0.4) is 0 Å². The maximum Gasteiger partial charge on any atom is 0.0664 e. The third-order valence-corrected chi connectivity index (χ3v) is 6.13. The van der Waals surface area contributed by atoms with Gasteiger partial charge in [-0.05, 0) is 49.1 Å². The fourth-order valence-electron chi connectivity index (χ4n) is 3.41. The monoisotopic (exact) mass is 292 g/mol. The zero-order valence-electron chi connectivity index (χ0n) is 13.3. The lowest BCUT2D eigenvalue weighted by atomic mass is 9.69. The van der Waals surface area contributed by atoms with Crippen molar-refractivity contribution in [2.45, 2.75) is 39.7 Å². The van der Waals surface area contributed by atoms with Crippen molar-refractivity contribution in [2.75, 3.05) is 29.5 Å². The molecule has 112 valence electrons. The van der Waals surface area contributed by atoms with Crippen molar-refractivity contribution in [3.8, 4) is 0 Å². The lowest BCUT2D eigenvalue weighted by molar-refractivity contribution is 0.170. The molecule has 1 aliphatic rings. The molecule has 1 heterocycles. The molecule has 3 heteroatoms. The van der Waals surface area contributed by atoms with Crippen molar-refractivity contribution in [1.82, 2.24) is 0 Å². The van der Waals surface area contributed by atoms with Crippen molar-refractivity contribution in [1.29, 1.82) is 0 Å². The van der Waals surface area contributed by atoms with Gasteiger partial charge in [0.15, 0.2) is 0 Å². The molecule has 0 radical (unpaired) electrons. The Bertz CT molecular complexity index is 458. The van der Waals surface area contributed by atoms with Crippen molar-refractivity contribution in [2.24, 2.45) is 11.1 Å². The van der Waals surface area contributed by atoms with Gasteiger partial charge >= 0.3 is 0 Å². The van der Waals surface area contributed by atoms with Gasteiger partial charge in [-0.15, -0.1) is 0 Å². The Hall–Kier alpha value is -0.670. The predicted molar refractivity (Wildman–Crippen MR) is 91.7 cm³/mol. The summed E-state index contributed by atoms with van der Waals surface area (Å²) >= 11 is 2.05. The number of nitrogens with zero attached hydrogens (tertiary/aromatic N) is 1. The number of nitrogens with two attached hydrogens (primary N) is 1. The molecule has 0 aromatic heterocycles. The Kier molecular flexibility index (Phi) is 4.70. The van der Waals surface area contributed by atoms with Gasteiger partial charge in [-0.25, -0.2) is 0 Å². The zero-order chi connectivity index (χ0) is 14.8. The third-order valence-electron chi connectivity index (χ3n) is 4.96. The number of anilines is 1. The van der Waals surface area contributed by atoms with Gasteiger partial charge in [-0.1, -0.05) is 26.0 Å². The molecule has 20 heavy (non-hydrogen) atoms. The highest BCUT2D eigenvalue weighted by Gasteiger charge is 2.49. The number of likely N-dealkylation sites (N-methyl/N-ethyl adjacent to an activating group) is 1. The van der Waals surface area contributed by atoms with Gasteiger partial charge in [0, 0.05) is 24.5 Å². The summed E-state index contributed by atoms with van der Waals surface area (Å²) < 4.78 is 0. The second-order valence-corrected chi connectivity index (χ2v) is 7.61. The van der Waals surface area contributed by atoms with E-state index in [-0.39, 0.29) is 11.0 Å². The van der Waals surface area contributed by atoms with Crippen LogP contribution in [0.2, 0.25) is 0 Å². The summed E-state index contributed by atoms with van der Waals surface area (Å²) in [6.07, 6.45) is 1.23. The van der Waals surface area contributed by atoms with Crippen LogP contribution in [0, 0.1) is 12.3 Å². The van der Waals surface area contributed by atoms with Crippen LogP contribution in [0.5, 0.6) is 0 Å². The van der Waals surface area contributed by atoms with E-state index in [1.807, 2.05) is 11.8 Å². The molecule has 1 atom stereocenters. The third kappa shape index (κ3) is 2.58. The smallest absolute Gasteiger partial charge is 0.0664 e. The molecular formula is C17H28N2S. The van der Waals surface area contributed by atoms with Gasteiger partial charge in [0.25, 0.3) is 0 Å². The Labute approximate surface area is 128 Å². The molecule has 0 saturated carbocycles. The first-order chi connectivity index (χ1) is 9.47. The highest BCUT2D eigenvalue weighted by Crippen LogP contribution is 2.46. The number of hydrogen-bond acceptors (Lipinski definition) is 3. The summed E-state index contributed by atoms with van der Waals surface area (Å²) in [5, 5.41) is 0. The lowest BCUT2D eigenvalue weighted by Gasteiger charge is -2.56. The minimum Gasteiger partial charge on any atom is -0.363 e. The molecule has 1 aromatic carbocycles. The lowest BCUT2D eigenvalue weighted by Crippen LogP contribution is -2.66. The van der Waals surface area contributed by atoms with Gasteiger partial charge in [0.2, 0.25) is 0 Å². The fourth-order valence-corrected chi connectivity index (χ4v) is 5.21. The second kappa shape index (κ2) is 5.98. The first kappa shape index (κ1) is 15.7. The van der Waals surface area contributed by atoms with Crippen molar-refractivity contribution < 1.29 is 0 Å². The average Bonchev–Trinajstić information content (AvgIpc) is 2.41. The van der Waals surface area contributed by atoms with Crippen LogP contribution in [0.1, 0.15) is 32.8 Å². The van der Waals surface area contributed by atoms with Crippen LogP contribution in [0.15, 0.2) is 24.3 Å². The van der Waals surface area contributed by atoms with Gasteiger partial charge in [-0.2, -0.15) is 11.8 Å². The van der Waals surface area contributed by atoms with E-state index in [9.17, 15) is 0 Å². The molecule has 1 saturated heterocycles. The topological polar surface area (TPSA) is 29.3 Å². The Morgan fingerprint density at radius 3 is 2.65 bits per heavy atom. The van der Waals surface area contributed by atoms with Gasteiger partial charge in [0.1, 0.15) is 0 Å². The molecule has 2 rings (SSSR count). The molecule has 2 nitrogen and oxygen atoms in total. The van der Waals surface area contributed by atoms with Crippen LogP contribution < -0.4 is 10.6 Å². The standard InChI is InChI=1S/C17H28N2S/c1-5-19(15-8-6-7-14(2)11-15)17(12-18)13-20-10-9-16(17,3)4/h6-8,11H,5,9-10,12-13,18H2,1-4H3. The molecule has 1 aromatic rings. The first-order valence-electron chi connectivity index (χ1n) is 7.59. The van der Waals surface area contributed by atoms with Crippen LogP contribution >= 0.6 is 11.8 Å². The minimum absolute atomic E-state index is 0.0540. The van der Waals surface area contributed by atoms with Gasteiger partial charge < -0.3 is 10.6 Å². The summed E-state index contributed by atoms with van der Waals surface area (Å²) in [5.41, 5.74) is 9.24. The van der Waals surface area contributed by atoms with E-state index in [4.69, 9.17) is 5.73 Å². The largest absolute Gasteiger partial charge is 0.363 e. The maximum atomic E-state index is 6.31. The number of aryl methyl sites for hydroxylation is 1. The SMILES string of the molecule is CCN(c1cccc(C)c1)C1(CN)CSCCC1(C)C. The summed E-state index contributed by atoms with van der Waals surface area (Å²) in [6.45, 7) is 10.9. The molecule has 0 amide bonds. The van der Waals surface area contributed by atoms with Crippen LogP contribution in [0.4, 0.5) is 5.69 Å². The Balaban J connectivity index is 2.46. The quantitative estimate of drug-likeness (QED) is 0.918. The van der Waals surface area contributed by atoms with E-state index in [0.717, 1.165) is 18.8 Å². The molecule has 2 N–H and O–H groups in total. The van der Waals surface area contributed by atoms with Crippen LogP contribution in [0.25, 0.3) is 0 Å². The molecule has 0 aliphatic carbocycles. The normalized spacial score (nSPS) is 25.4. The van der Waals surface area contributed by atoms with E-state index < -0.39 is 0 Å². The van der Waals surface area contributed by atoms with E-state index in [0.29, 0.717) is 0 Å². The summed E-state index contributed by atoms with van der Waals surface area (Å²) in [6, 6.07) is 8.83.